The highest BCUT2D eigenvalue weighted by atomic mass is 16.5. The first-order valence-electron chi connectivity index (χ1n) is 4.46. The second-order valence-corrected chi connectivity index (χ2v) is 3.22. The van der Waals surface area contributed by atoms with Crippen LogP contribution in [0.25, 0.3) is 6.08 Å². The van der Waals surface area contributed by atoms with E-state index in [1.165, 1.54) is 0 Å². The molecule has 1 aromatic carbocycles. The Labute approximate surface area is 83.1 Å². The summed E-state index contributed by atoms with van der Waals surface area (Å²) in [5.74, 6) is 1.59. The summed E-state index contributed by atoms with van der Waals surface area (Å²) in [7, 11) is 3.28. The van der Waals surface area contributed by atoms with Gasteiger partial charge < -0.3 is 15.2 Å². The smallest absolute Gasteiger partial charge is 0.130 e. The number of rotatable bonds is 2. The van der Waals surface area contributed by atoms with Crippen LogP contribution in [0, 0.1) is 0 Å². The normalized spacial score (nSPS) is 18.1. The summed E-state index contributed by atoms with van der Waals surface area (Å²) in [5, 5.41) is 0. The summed E-state index contributed by atoms with van der Waals surface area (Å²) >= 11 is 0. The molecule has 1 atom stereocenters. The van der Waals surface area contributed by atoms with E-state index in [1.54, 1.807) is 14.2 Å². The molecular weight excluding hydrogens is 178 g/mol. The predicted octanol–water partition coefficient (Wildman–Crippen LogP) is 1.73. The Kier molecular flexibility index (Phi) is 2.17. The van der Waals surface area contributed by atoms with Gasteiger partial charge in [0.25, 0.3) is 0 Å². The molecule has 0 saturated heterocycles. The SMILES string of the molecule is COc1cc(OC)c2c(c1)C(N)C=C2. The number of hydrogen-bond acceptors (Lipinski definition) is 3. The van der Waals surface area contributed by atoms with Gasteiger partial charge in [0, 0.05) is 17.7 Å². The Morgan fingerprint density at radius 2 is 2.00 bits per heavy atom. The molecule has 1 aliphatic carbocycles. The maximum absolute atomic E-state index is 5.90. The zero-order valence-corrected chi connectivity index (χ0v) is 8.28. The molecule has 0 amide bonds. The molecule has 0 heterocycles. The monoisotopic (exact) mass is 191 g/mol. The van der Waals surface area contributed by atoms with Crippen molar-refractivity contribution in [2.75, 3.05) is 14.2 Å². The fourth-order valence-electron chi connectivity index (χ4n) is 1.67. The third-order valence-corrected chi connectivity index (χ3v) is 2.43. The standard InChI is InChI=1S/C11H13NO2/c1-13-7-5-9-8(3-4-10(9)12)11(6-7)14-2/h3-6,10H,12H2,1-2H3. The van der Waals surface area contributed by atoms with Crippen molar-refractivity contribution in [3.05, 3.63) is 29.3 Å². The quantitative estimate of drug-likeness (QED) is 0.774. The molecule has 3 heteroatoms. The van der Waals surface area contributed by atoms with Crippen molar-refractivity contribution in [3.63, 3.8) is 0 Å². The van der Waals surface area contributed by atoms with Gasteiger partial charge in [-0.2, -0.15) is 0 Å². The van der Waals surface area contributed by atoms with E-state index >= 15 is 0 Å². The van der Waals surface area contributed by atoms with Gasteiger partial charge in [-0.1, -0.05) is 12.2 Å². The Morgan fingerprint density at radius 1 is 1.21 bits per heavy atom. The maximum Gasteiger partial charge on any atom is 0.130 e. The lowest BCUT2D eigenvalue weighted by Crippen LogP contribution is -2.05. The summed E-state index contributed by atoms with van der Waals surface area (Å²) in [6, 6.07) is 3.76. The molecule has 0 spiro atoms. The Hall–Kier alpha value is -1.48. The number of fused-ring (bicyclic) bond motifs is 1. The van der Waals surface area contributed by atoms with Crippen LogP contribution in [0.1, 0.15) is 17.2 Å². The van der Waals surface area contributed by atoms with Crippen LogP contribution in [-0.4, -0.2) is 14.2 Å². The second-order valence-electron chi connectivity index (χ2n) is 3.22. The highest BCUT2D eigenvalue weighted by molar-refractivity contribution is 5.69. The van der Waals surface area contributed by atoms with Gasteiger partial charge in [-0.25, -0.2) is 0 Å². The van der Waals surface area contributed by atoms with Gasteiger partial charge in [0.15, 0.2) is 0 Å². The number of hydrogen-bond donors (Lipinski definition) is 1. The first-order chi connectivity index (χ1) is 6.76. The highest BCUT2D eigenvalue weighted by Crippen LogP contribution is 2.37. The minimum Gasteiger partial charge on any atom is -0.497 e. The molecular formula is C11H13NO2. The maximum atomic E-state index is 5.90. The third kappa shape index (κ3) is 1.26. The number of methoxy groups -OCH3 is 2. The molecule has 0 fully saturated rings. The Balaban J connectivity index is 2.56. The van der Waals surface area contributed by atoms with Gasteiger partial charge >= 0.3 is 0 Å². The molecule has 1 aromatic rings. The van der Waals surface area contributed by atoms with Crippen molar-refractivity contribution < 1.29 is 9.47 Å². The Morgan fingerprint density at radius 3 is 2.64 bits per heavy atom. The molecule has 0 aliphatic heterocycles. The van der Waals surface area contributed by atoms with Crippen molar-refractivity contribution in [2.45, 2.75) is 6.04 Å². The van der Waals surface area contributed by atoms with Gasteiger partial charge in [0.2, 0.25) is 0 Å². The number of ether oxygens (including phenoxy) is 2. The summed E-state index contributed by atoms with van der Waals surface area (Å²) in [4.78, 5) is 0. The van der Waals surface area contributed by atoms with Crippen LogP contribution in [-0.2, 0) is 0 Å². The molecule has 3 nitrogen and oxygen atoms in total. The lowest BCUT2D eigenvalue weighted by atomic mass is 10.1. The second kappa shape index (κ2) is 3.35. The summed E-state index contributed by atoms with van der Waals surface area (Å²) < 4.78 is 10.4. The van der Waals surface area contributed by atoms with Gasteiger partial charge in [0.05, 0.1) is 14.2 Å². The van der Waals surface area contributed by atoms with Crippen molar-refractivity contribution in [1.82, 2.24) is 0 Å². The molecule has 0 bridgehead atoms. The molecule has 0 radical (unpaired) electrons. The van der Waals surface area contributed by atoms with Crippen molar-refractivity contribution in [2.24, 2.45) is 5.73 Å². The minimum absolute atomic E-state index is 0.0472. The molecule has 1 unspecified atom stereocenters. The zero-order valence-electron chi connectivity index (χ0n) is 8.28. The van der Waals surface area contributed by atoms with Crippen molar-refractivity contribution in [3.8, 4) is 11.5 Å². The van der Waals surface area contributed by atoms with Crippen LogP contribution in [0.2, 0.25) is 0 Å². The first-order valence-corrected chi connectivity index (χ1v) is 4.46. The number of nitrogens with two attached hydrogens (primary N) is 1. The summed E-state index contributed by atoms with van der Waals surface area (Å²) in [6.07, 6.45) is 3.94. The van der Waals surface area contributed by atoms with Crippen LogP contribution < -0.4 is 15.2 Å². The average molecular weight is 191 g/mol. The van der Waals surface area contributed by atoms with E-state index < -0.39 is 0 Å². The molecule has 2 rings (SSSR count). The van der Waals surface area contributed by atoms with E-state index in [-0.39, 0.29) is 6.04 Å². The van der Waals surface area contributed by atoms with Gasteiger partial charge in [-0.05, 0) is 11.6 Å². The topological polar surface area (TPSA) is 44.5 Å². The summed E-state index contributed by atoms with van der Waals surface area (Å²) in [6.45, 7) is 0. The van der Waals surface area contributed by atoms with E-state index in [2.05, 4.69) is 0 Å². The first kappa shape index (κ1) is 9.09. The van der Waals surface area contributed by atoms with Crippen molar-refractivity contribution >= 4 is 6.08 Å². The van der Waals surface area contributed by atoms with Gasteiger partial charge in [-0.3, -0.25) is 0 Å². The third-order valence-electron chi connectivity index (χ3n) is 2.43. The highest BCUT2D eigenvalue weighted by Gasteiger charge is 2.18. The van der Waals surface area contributed by atoms with Crippen LogP contribution in [0.5, 0.6) is 11.5 Å². The van der Waals surface area contributed by atoms with E-state index in [0.29, 0.717) is 0 Å². The van der Waals surface area contributed by atoms with E-state index in [1.807, 2.05) is 24.3 Å². The molecule has 1 aliphatic rings. The molecule has 74 valence electrons. The fraction of sp³-hybridized carbons (Fsp3) is 0.273. The Bertz CT molecular complexity index is 385. The molecule has 0 saturated carbocycles. The molecule has 14 heavy (non-hydrogen) atoms. The van der Waals surface area contributed by atoms with Crippen LogP contribution >= 0.6 is 0 Å². The van der Waals surface area contributed by atoms with Crippen molar-refractivity contribution in [1.29, 1.82) is 0 Å². The molecule has 0 aromatic heterocycles. The van der Waals surface area contributed by atoms with E-state index in [4.69, 9.17) is 15.2 Å². The molecule has 2 N–H and O–H groups in total. The lowest BCUT2D eigenvalue weighted by Gasteiger charge is -2.11. The minimum atomic E-state index is -0.0472. The average Bonchev–Trinajstić information content (AvgIpc) is 2.59. The fourth-order valence-corrected chi connectivity index (χ4v) is 1.67. The van der Waals surface area contributed by atoms with E-state index in [0.717, 1.165) is 22.6 Å². The van der Waals surface area contributed by atoms with E-state index in [9.17, 15) is 0 Å². The predicted molar refractivity (Wildman–Crippen MR) is 55.5 cm³/mol. The van der Waals surface area contributed by atoms with Crippen LogP contribution in [0.4, 0.5) is 0 Å². The largest absolute Gasteiger partial charge is 0.497 e. The van der Waals surface area contributed by atoms with Gasteiger partial charge in [0.1, 0.15) is 11.5 Å². The van der Waals surface area contributed by atoms with Crippen LogP contribution in [0.15, 0.2) is 18.2 Å². The number of benzene rings is 1. The van der Waals surface area contributed by atoms with Crippen LogP contribution in [0.3, 0.4) is 0 Å². The van der Waals surface area contributed by atoms with Gasteiger partial charge in [-0.15, -0.1) is 0 Å². The lowest BCUT2D eigenvalue weighted by molar-refractivity contribution is 0.393. The zero-order chi connectivity index (χ0) is 10.1. The summed E-state index contributed by atoms with van der Waals surface area (Å²) in [5.41, 5.74) is 8.01.